The molecule has 1 fully saturated rings. The van der Waals surface area contributed by atoms with E-state index in [9.17, 15) is 9.59 Å². The van der Waals surface area contributed by atoms with Gasteiger partial charge in [-0.1, -0.05) is 19.1 Å². The Kier molecular flexibility index (Phi) is 6.24. The normalized spacial score (nSPS) is 17.1. The topological polar surface area (TPSA) is 70.5 Å². The minimum absolute atomic E-state index is 0.00615. The van der Waals surface area contributed by atoms with Crippen molar-refractivity contribution in [1.29, 1.82) is 0 Å². The van der Waals surface area contributed by atoms with Crippen LogP contribution in [-0.2, 0) is 19.5 Å². The molecule has 0 bridgehead atoms. The van der Waals surface area contributed by atoms with E-state index in [1.807, 2.05) is 12.1 Å². The largest absolute Gasteiger partial charge is 0.322 e. The number of hydrogen-bond acceptors (Lipinski definition) is 5. The van der Waals surface area contributed by atoms with Crippen LogP contribution in [-0.4, -0.2) is 58.0 Å². The first-order valence-corrected chi connectivity index (χ1v) is 12.0. The number of aromatic nitrogens is 2. The number of fused-ring (bicyclic) bond motifs is 2. The molecular weight excluding hydrogens is 414 g/mol. The fraction of sp³-hybridized carbons (Fsp3) is 0.423. The molecule has 0 atom stereocenters. The molecule has 1 amide bonds. The van der Waals surface area contributed by atoms with Crippen molar-refractivity contribution in [2.45, 2.75) is 39.3 Å². The summed E-state index contributed by atoms with van der Waals surface area (Å²) >= 11 is 0. The average molecular weight is 446 g/mol. The van der Waals surface area contributed by atoms with Crippen LogP contribution in [0.2, 0.25) is 0 Å². The third kappa shape index (κ3) is 4.70. The third-order valence-electron chi connectivity index (χ3n) is 6.86. The van der Waals surface area contributed by atoms with Gasteiger partial charge in [0.15, 0.2) is 0 Å². The lowest BCUT2D eigenvalue weighted by Crippen LogP contribution is -2.45. The van der Waals surface area contributed by atoms with Crippen molar-refractivity contribution in [3.63, 3.8) is 0 Å². The van der Waals surface area contributed by atoms with Crippen molar-refractivity contribution >= 4 is 22.5 Å². The number of piperazine rings is 1. The summed E-state index contributed by atoms with van der Waals surface area (Å²) in [6.45, 7) is 9.43. The van der Waals surface area contributed by atoms with Crippen LogP contribution in [0.15, 0.2) is 47.3 Å². The van der Waals surface area contributed by atoms with E-state index in [0.29, 0.717) is 16.5 Å². The minimum atomic E-state index is -0.194. The molecule has 3 heterocycles. The number of benzene rings is 2. The van der Waals surface area contributed by atoms with Crippen LogP contribution in [0, 0.1) is 0 Å². The number of carbonyl (C=O) groups excluding carboxylic acids is 1. The van der Waals surface area contributed by atoms with Crippen LogP contribution in [0.5, 0.6) is 0 Å². The van der Waals surface area contributed by atoms with E-state index in [-0.39, 0.29) is 11.5 Å². The van der Waals surface area contributed by atoms with Gasteiger partial charge in [0, 0.05) is 56.9 Å². The predicted octanol–water partition coefficient (Wildman–Crippen LogP) is 3.12. The number of aryl methyl sites for hydroxylation is 1. The summed E-state index contributed by atoms with van der Waals surface area (Å²) < 4.78 is 1.77. The molecule has 2 aromatic carbocycles. The Hall–Kier alpha value is -3.03. The first-order chi connectivity index (χ1) is 16.1. The number of carbonyl (C=O) groups is 1. The zero-order valence-corrected chi connectivity index (χ0v) is 19.2. The maximum Gasteiger partial charge on any atom is 0.261 e. The van der Waals surface area contributed by atoms with Gasteiger partial charge in [0.1, 0.15) is 5.82 Å². The van der Waals surface area contributed by atoms with Crippen LogP contribution in [0.3, 0.4) is 0 Å². The standard InChI is InChI=1S/C26H31N5O2/c1-2-29-13-15-30(16-14-29)18-19-6-9-21(10-7-19)27-25(32)20-8-11-22-23(17-20)28-24-5-3-4-12-31(24)26(22)33/h6-11,17H,2-5,12-16,18H2,1H3,(H,27,32). The molecule has 2 aliphatic rings. The molecule has 7 heteroatoms. The Balaban J connectivity index is 1.26. The van der Waals surface area contributed by atoms with E-state index in [4.69, 9.17) is 0 Å². The first-order valence-electron chi connectivity index (χ1n) is 12.0. The second-order valence-corrected chi connectivity index (χ2v) is 9.04. The predicted molar refractivity (Wildman–Crippen MR) is 131 cm³/mol. The monoisotopic (exact) mass is 445 g/mol. The van der Waals surface area contributed by atoms with Gasteiger partial charge < -0.3 is 10.2 Å². The number of nitrogens with one attached hydrogen (secondary N) is 1. The highest BCUT2D eigenvalue weighted by atomic mass is 16.1. The SMILES string of the molecule is CCN1CCN(Cc2ccc(NC(=O)c3ccc4c(=O)n5c(nc4c3)CCCC5)cc2)CC1. The van der Waals surface area contributed by atoms with E-state index in [2.05, 4.69) is 39.2 Å². The van der Waals surface area contributed by atoms with Gasteiger partial charge in [-0.15, -0.1) is 0 Å². The summed E-state index contributed by atoms with van der Waals surface area (Å²) in [5.74, 6) is 0.628. The maximum atomic E-state index is 12.9. The number of rotatable bonds is 5. The van der Waals surface area contributed by atoms with Crippen LogP contribution < -0.4 is 10.9 Å². The Morgan fingerprint density at radius 3 is 2.48 bits per heavy atom. The zero-order valence-electron chi connectivity index (χ0n) is 19.2. The fourth-order valence-corrected chi connectivity index (χ4v) is 4.80. The van der Waals surface area contributed by atoms with Crippen LogP contribution in [0.1, 0.15) is 41.5 Å². The van der Waals surface area contributed by atoms with Gasteiger partial charge >= 0.3 is 0 Å². The van der Waals surface area contributed by atoms with E-state index in [1.165, 1.54) is 5.56 Å². The maximum absolute atomic E-state index is 12.9. The fourth-order valence-electron chi connectivity index (χ4n) is 4.80. The zero-order chi connectivity index (χ0) is 22.8. The number of hydrogen-bond donors (Lipinski definition) is 1. The van der Waals surface area contributed by atoms with Crippen molar-refractivity contribution in [3.05, 3.63) is 69.8 Å². The molecule has 33 heavy (non-hydrogen) atoms. The molecule has 3 aromatic rings. The van der Waals surface area contributed by atoms with E-state index < -0.39 is 0 Å². The number of nitrogens with zero attached hydrogens (tertiary/aromatic N) is 4. The highest BCUT2D eigenvalue weighted by molar-refractivity contribution is 6.06. The number of amides is 1. The number of anilines is 1. The van der Waals surface area contributed by atoms with Crippen LogP contribution in [0.4, 0.5) is 5.69 Å². The van der Waals surface area contributed by atoms with Gasteiger partial charge in [-0.25, -0.2) is 4.98 Å². The van der Waals surface area contributed by atoms with Gasteiger partial charge in [-0.2, -0.15) is 0 Å². The van der Waals surface area contributed by atoms with E-state index >= 15 is 0 Å². The smallest absolute Gasteiger partial charge is 0.261 e. The molecule has 2 aliphatic heterocycles. The molecule has 1 saturated heterocycles. The quantitative estimate of drug-likeness (QED) is 0.654. The van der Waals surface area contributed by atoms with E-state index in [0.717, 1.165) is 76.6 Å². The van der Waals surface area contributed by atoms with Crippen LogP contribution >= 0.6 is 0 Å². The van der Waals surface area contributed by atoms with E-state index in [1.54, 1.807) is 22.8 Å². The number of likely N-dealkylation sites (N-methyl/N-ethyl adjacent to an activating group) is 1. The Labute approximate surface area is 194 Å². The summed E-state index contributed by atoms with van der Waals surface area (Å²) in [4.78, 5) is 35.3. The van der Waals surface area contributed by atoms with Crippen molar-refractivity contribution in [1.82, 2.24) is 19.4 Å². The molecule has 0 spiro atoms. The van der Waals surface area contributed by atoms with Crippen molar-refractivity contribution in [3.8, 4) is 0 Å². The Bertz CT molecular complexity index is 1210. The molecule has 1 aromatic heterocycles. The summed E-state index contributed by atoms with van der Waals surface area (Å²) in [7, 11) is 0. The van der Waals surface area contributed by atoms with Crippen molar-refractivity contribution in [2.75, 3.05) is 38.0 Å². The van der Waals surface area contributed by atoms with Gasteiger partial charge in [-0.05, 0) is 55.3 Å². The molecule has 5 rings (SSSR count). The average Bonchev–Trinajstić information content (AvgIpc) is 2.85. The summed E-state index contributed by atoms with van der Waals surface area (Å²) in [5, 5.41) is 3.54. The minimum Gasteiger partial charge on any atom is -0.322 e. The van der Waals surface area contributed by atoms with Gasteiger partial charge in [-0.3, -0.25) is 19.1 Å². The molecule has 0 radical (unpaired) electrons. The molecule has 172 valence electrons. The van der Waals surface area contributed by atoms with Crippen molar-refractivity contribution < 1.29 is 4.79 Å². The Morgan fingerprint density at radius 1 is 0.970 bits per heavy atom. The highest BCUT2D eigenvalue weighted by Crippen LogP contribution is 2.18. The summed E-state index contributed by atoms with van der Waals surface area (Å²) in [6.07, 6.45) is 2.86. The summed E-state index contributed by atoms with van der Waals surface area (Å²) in [5.41, 5.74) is 3.11. The van der Waals surface area contributed by atoms with Gasteiger partial charge in [0.2, 0.25) is 0 Å². The highest BCUT2D eigenvalue weighted by Gasteiger charge is 2.17. The molecular formula is C26H31N5O2. The molecule has 0 saturated carbocycles. The summed E-state index contributed by atoms with van der Waals surface area (Å²) in [6, 6.07) is 13.2. The lowest BCUT2D eigenvalue weighted by atomic mass is 10.1. The van der Waals surface area contributed by atoms with Gasteiger partial charge in [0.25, 0.3) is 11.5 Å². The Morgan fingerprint density at radius 2 is 1.73 bits per heavy atom. The lowest BCUT2D eigenvalue weighted by molar-refractivity contribution is 0.102. The third-order valence-corrected chi connectivity index (χ3v) is 6.86. The first kappa shape index (κ1) is 21.8. The second-order valence-electron chi connectivity index (χ2n) is 9.04. The van der Waals surface area contributed by atoms with Gasteiger partial charge in [0.05, 0.1) is 10.9 Å². The second kappa shape index (κ2) is 9.45. The molecule has 0 unspecified atom stereocenters. The van der Waals surface area contributed by atoms with Crippen molar-refractivity contribution in [2.24, 2.45) is 0 Å². The lowest BCUT2D eigenvalue weighted by Gasteiger charge is -2.34. The molecule has 0 aliphatic carbocycles. The molecule has 1 N–H and O–H groups in total. The molecule has 7 nitrogen and oxygen atoms in total. The van der Waals surface area contributed by atoms with Crippen LogP contribution in [0.25, 0.3) is 10.9 Å².